The third kappa shape index (κ3) is 3.45. The minimum atomic E-state index is 0.183. The van der Waals surface area contributed by atoms with Crippen molar-refractivity contribution in [3.05, 3.63) is 40.3 Å². The molecule has 5 heteroatoms. The largest absolute Gasteiger partial charge is 0.497 e. The van der Waals surface area contributed by atoms with Gasteiger partial charge < -0.3 is 14.8 Å². The van der Waals surface area contributed by atoms with Crippen molar-refractivity contribution in [1.82, 2.24) is 10.3 Å². The second kappa shape index (κ2) is 6.54. The third-order valence-corrected chi connectivity index (χ3v) is 3.62. The zero-order valence-electron chi connectivity index (χ0n) is 11.3. The van der Waals surface area contributed by atoms with Crippen molar-refractivity contribution in [3.63, 3.8) is 0 Å². The maximum atomic E-state index is 5.41. The molecule has 0 aliphatic heterocycles. The van der Waals surface area contributed by atoms with Gasteiger partial charge in [0.15, 0.2) is 0 Å². The molecule has 2 aromatic rings. The van der Waals surface area contributed by atoms with Gasteiger partial charge in [-0.3, -0.25) is 0 Å². The Labute approximate surface area is 117 Å². The summed E-state index contributed by atoms with van der Waals surface area (Å²) in [5.41, 5.74) is 4.01. The Morgan fingerprint density at radius 3 is 2.79 bits per heavy atom. The van der Waals surface area contributed by atoms with Crippen molar-refractivity contribution in [2.24, 2.45) is 0 Å². The van der Waals surface area contributed by atoms with E-state index in [1.165, 1.54) is 0 Å². The van der Waals surface area contributed by atoms with Gasteiger partial charge >= 0.3 is 0 Å². The highest BCUT2D eigenvalue weighted by atomic mass is 32.1. The van der Waals surface area contributed by atoms with Crippen molar-refractivity contribution < 1.29 is 9.47 Å². The van der Waals surface area contributed by atoms with Crippen LogP contribution < -0.4 is 14.8 Å². The molecular formula is C14H18N2O2S. The zero-order chi connectivity index (χ0) is 13.7. The minimum Gasteiger partial charge on any atom is -0.497 e. The van der Waals surface area contributed by atoms with Gasteiger partial charge in [0, 0.05) is 29.6 Å². The fourth-order valence-corrected chi connectivity index (χ4v) is 2.43. The molecule has 2 rings (SSSR count). The summed E-state index contributed by atoms with van der Waals surface area (Å²) >= 11 is 1.61. The molecule has 102 valence electrons. The lowest BCUT2D eigenvalue weighted by molar-refractivity contribution is 0.385. The Balaban J connectivity index is 2.07. The average Bonchev–Trinajstić information content (AvgIpc) is 2.97. The first kappa shape index (κ1) is 13.8. The summed E-state index contributed by atoms with van der Waals surface area (Å²) in [5, 5.41) is 5.48. The lowest BCUT2D eigenvalue weighted by Crippen LogP contribution is -2.18. The van der Waals surface area contributed by atoms with E-state index in [1.807, 2.05) is 29.1 Å². The van der Waals surface area contributed by atoms with Crippen LogP contribution in [0.15, 0.2) is 29.1 Å². The van der Waals surface area contributed by atoms with Crippen LogP contribution in [0.1, 0.15) is 24.2 Å². The number of hydrogen-bond acceptors (Lipinski definition) is 5. The van der Waals surface area contributed by atoms with Crippen LogP contribution in [0.4, 0.5) is 0 Å². The number of aromatic nitrogens is 1. The van der Waals surface area contributed by atoms with E-state index in [9.17, 15) is 0 Å². The Morgan fingerprint density at radius 1 is 1.32 bits per heavy atom. The van der Waals surface area contributed by atoms with Crippen LogP contribution in [0.2, 0.25) is 0 Å². The standard InChI is InChI=1S/C14H18N2O2S/c1-10(15-7-11-8-19-9-16-11)13-5-4-12(17-2)6-14(13)18-3/h4-6,8-10,15H,7H2,1-3H3. The monoisotopic (exact) mass is 278 g/mol. The number of hydrogen-bond donors (Lipinski definition) is 1. The van der Waals surface area contributed by atoms with Gasteiger partial charge in [0.2, 0.25) is 0 Å². The Bertz CT molecular complexity index is 514. The first-order valence-electron chi connectivity index (χ1n) is 6.07. The minimum absolute atomic E-state index is 0.183. The molecule has 1 aromatic heterocycles. The molecule has 0 spiro atoms. The number of ether oxygens (including phenoxy) is 2. The predicted molar refractivity (Wildman–Crippen MR) is 76.9 cm³/mol. The molecule has 0 saturated heterocycles. The Hall–Kier alpha value is -1.59. The number of nitrogens with zero attached hydrogens (tertiary/aromatic N) is 1. The van der Waals surface area contributed by atoms with Crippen LogP contribution in [0.5, 0.6) is 11.5 Å². The van der Waals surface area contributed by atoms with Gasteiger partial charge in [-0.25, -0.2) is 4.98 Å². The highest BCUT2D eigenvalue weighted by Crippen LogP contribution is 2.29. The summed E-state index contributed by atoms with van der Waals surface area (Å²) < 4.78 is 10.6. The quantitative estimate of drug-likeness (QED) is 0.882. The number of thiazole rings is 1. The molecule has 0 aliphatic rings. The van der Waals surface area contributed by atoms with E-state index in [4.69, 9.17) is 9.47 Å². The molecule has 19 heavy (non-hydrogen) atoms. The maximum absolute atomic E-state index is 5.41. The van der Waals surface area contributed by atoms with Crippen molar-refractivity contribution in [3.8, 4) is 11.5 Å². The molecule has 1 atom stereocenters. The van der Waals surface area contributed by atoms with E-state index in [0.717, 1.165) is 29.3 Å². The molecule has 1 aromatic carbocycles. The maximum Gasteiger partial charge on any atom is 0.127 e. The molecule has 0 radical (unpaired) electrons. The van der Waals surface area contributed by atoms with Gasteiger partial charge in [-0.05, 0) is 13.0 Å². The molecule has 1 N–H and O–H groups in total. The summed E-state index contributed by atoms with van der Waals surface area (Å²) in [7, 11) is 3.32. The lowest BCUT2D eigenvalue weighted by Gasteiger charge is -2.17. The van der Waals surface area contributed by atoms with E-state index in [0.29, 0.717) is 0 Å². The van der Waals surface area contributed by atoms with Crippen molar-refractivity contribution in [2.45, 2.75) is 19.5 Å². The molecule has 0 fully saturated rings. The van der Waals surface area contributed by atoms with Gasteiger partial charge in [0.25, 0.3) is 0 Å². The number of nitrogens with one attached hydrogen (secondary N) is 1. The Kier molecular flexibility index (Phi) is 4.76. The molecule has 1 unspecified atom stereocenters. The molecule has 1 heterocycles. The molecule has 0 saturated carbocycles. The van der Waals surface area contributed by atoms with Crippen LogP contribution >= 0.6 is 11.3 Å². The first-order valence-corrected chi connectivity index (χ1v) is 7.01. The molecular weight excluding hydrogens is 260 g/mol. The van der Waals surface area contributed by atoms with Gasteiger partial charge in [0.05, 0.1) is 25.4 Å². The van der Waals surface area contributed by atoms with E-state index in [2.05, 4.69) is 17.2 Å². The predicted octanol–water partition coefficient (Wildman–Crippen LogP) is 3.01. The summed E-state index contributed by atoms with van der Waals surface area (Å²) in [4.78, 5) is 4.26. The van der Waals surface area contributed by atoms with Crippen LogP contribution in [-0.2, 0) is 6.54 Å². The Morgan fingerprint density at radius 2 is 2.16 bits per heavy atom. The van der Waals surface area contributed by atoms with Gasteiger partial charge in [0.1, 0.15) is 11.5 Å². The third-order valence-electron chi connectivity index (χ3n) is 2.98. The summed E-state index contributed by atoms with van der Waals surface area (Å²) in [6.45, 7) is 2.86. The fraction of sp³-hybridized carbons (Fsp3) is 0.357. The van der Waals surface area contributed by atoms with Crippen LogP contribution in [0, 0.1) is 0 Å². The van der Waals surface area contributed by atoms with Crippen molar-refractivity contribution in [1.29, 1.82) is 0 Å². The lowest BCUT2D eigenvalue weighted by atomic mass is 10.1. The van der Waals surface area contributed by atoms with E-state index >= 15 is 0 Å². The second-order valence-electron chi connectivity index (χ2n) is 4.19. The van der Waals surface area contributed by atoms with Gasteiger partial charge in [-0.15, -0.1) is 11.3 Å². The summed E-state index contributed by atoms with van der Waals surface area (Å²) in [6.07, 6.45) is 0. The topological polar surface area (TPSA) is 43.4 Å². The van der Waals surface area contributed by atoms with E-state index in [1.54, 1.807) is 25.6 Å². The highest BCUT2D eigenvalue weighted by molar-refractivity contribution is 7.07. The summed E-state index contributed by atoms with van der Waals surface area (Å²) in [6, 6.07) is 6.05. The van der Waals surface area contributed by atoms with Crippen LogP contribution in [0.3, 0.4) is 0 Å². The molecule has 0 amide bonds. The van der Waals surface area contributed by atoms with Crippen LogP contribution in [0.25, 0.3) is 0 Å². The number of methoxy groups -OCH3 is 2. The first-order chi connectivity index (χ1) is 9.24. The molecule has 0 aliphatic carbocycles. The number of benzene rings is 1. The second-order valence-corrected chi connectivity index (χ2v) is 4.91. The van der Waals surface area contributed by atoms with Crippen molar-refractivity contribution >= 4 is 11.3 Å². The average molecular weight is 278 g/mol. The normalized spacial score (nSPS) is 12.2. The molecule has 4 nitrogen and oxygen atoms in total. The number of rotatable bonds is 6. The van der Waals surface area contributed by atoms with E-state index in [-0.39, 0.29) is 6.04 Å². The van der Waals surface area contributed by atoms with E-state index < -0.39 is 0 Å². The van der Waals surface area contributed by atoms with Crippen molar-refractivity contribution in [2.75, 3.05) is 14.2 Å². The fourth-order valence-electron chi connectivity index (χ4n) is 1.87. The van der Waals surface area contributed by atoms with Gasteiger partial charge in [-0.1, -0.05) is 6.07 Å². The highest BCUT2D eigenvalue weighted by Gasteiger charge is 2.12. The summed E-state index contributed by atoms with van der Waals surface area (Å²) in [5.74, 6) is 1.63. The SMILES string of the molecule is COc1ccc(C(C)NCc2cscn2)c(OC)c1. The zero-order valence-corrected chi connectivity index (χ0v) is 12.2. The van der Waals surface area contributed by atoms with Gasteiger partial charge in [-0.2, -0.15) is 0 Å². The smallest absolute Gasteiger partial charge is 0.127 e. The molecule has 0 bridgehead atoms. The van der Waals surface area contributed by atoms with Crippen LogP contribution in [-0.4, -0.2) is 19.2 Å².